The highest BCUT2D eigenvalue weighted by Crippen LogP contribution is 2.27. The number of nitrogens with one attached hydrogen (secondary N) is 2. The molecule has 0 amide bonds. The number of likely N-dealkylation sites (N-methyl/N-ethyl adjacent to an activating group) is 1. The summed E-state index contributed by atoms with van der Waals surface area (Å²) in [5.74, 6) is 0.488. The maximum atomic E-state index is 13.7. The summed E-state index contributed by atoms with van der Waals surface area (Å²) in [6.07, 6.45) is 0. The molecule has 0 heterocycles. The molecule has 6 heteroatoms. The summed E-state index contributed by atoms with van der Waals surface area (Å²) < 4.78 is 19.1. The fourth-order valence-electron chi connectivity index (χ4n) is 2.43. The molecule has 24 heavy (non-hydrogen) atoms. The van der Waals surface area contributed by atoms with Crippen molar-refractivity contribution in [3.63, 3.8) is 0 Å². The third-order valence-electron chi connectivity index (χ3n) is 3.70. The molecule has 0 saturated carbocycles. The van der Waals surface area contributed by atoms with Crippen LogP contribution < -0.4 is 15.4 Å². The minimum Gasteiger partial charge on any atom is -0.496 e. The molecule has 0 fully saturated rings. The third-order valence-corrected chi connectivity index (χ3v) is 3.95. The first kappa shape index (κ1) is 18.2. The van der Waals surface area contributed by atoms with Gasteiger partial charge in [-0.25, -0.2) is 4.39 Å². The molecule has 0 aliphatic carbocycles. The molecule has 128 valence electrons. The summed E-state index contributed by atoms with van der Waals surface area (Å²) in [7, 11) is 5.64. The Morgan fingerprint density at radius 3 is 2.50 bits per heavy atom. The summed E-state index contributed by atoms with van der Waals surface area (Å²) in [6, 6.07) is 14.4. The van der Waals surface area contributed by atoms with E-state index in [9.17, 15) is 4.39 Å². The van der Waals surface area contributed by atoms with Crippen molar-refractivity contribution < 1.29 is 9.13 Å². The second kappa shape index (κ2) is 8.61. The number of benzene rings is 2. The highest BCUT2D eigenvalue weighted by atomic mass is 32.1. The summed E-state index contributed by atoms with van der Waals surface area (Å²) in [5.41, 5.74) is 1.42. The van der Waals surface area contributed by atoms with Gasteiger partial charge in [-0.3, -0.25) is 0 Å². The number of nitrogens with zero attached hydrogens (tertiary/aromatic N) is 1. The first-order chi connectivity index (χ1) is 11.5. The Kier molecular flexibility index (Phi) is 6.52. The molecule has 0 spiro atoms. The minimum atomic E-state index is -0.337. The number of para-hydroxylation sites is 2. The van der Waals surface area contributed by atoms with Crippen molar-refractivity contribution in [2.24, 2.45) is 0 Å². The van der Waals surface area contributed by atoms with Gasteiger partial charge in [0.05, 0.1) is 18.8 Å². The Bertz CT molecular complexity index is 693. The quantitative estimate of drug-likeness (QED) is 0.783. The Hall–Kier alpha value is -2.18. The molecule has 2 rings (SSSR count). The van der Waals surface area contributed by atoms with Crippen molar-refractivity contribution in [3.8, 4) is 5.75 Å². The van der Waals surface area contributed by atoms with E-state index in [-0.39, 0.29) is 11.9 Å². The maximum absolute atomic E-state index is 13.7. The van der Waals surface area contributed by atoms with E-state index in [1.807, 2.05) is 38.4 Å². The fraction of sp³-hybridized carbons (Fsp3) is 0.278. The first-order valence-electron chi connectivity index (χ1n) is 7.61. The third kappa shape index (κ3) is 4.66. The van der Waals surface area contributed by atoms with E-state index in [2.05, 4.69) is 15.5 Å². The lowest BCUT2D eigenvalue weighted by atomic mass is 10.0. The van der Waals surface area contributed by atoms with E-state index < -0.39 is 0 Å². The molecule has 2 aromatic rings. The zero-order valence-corrected chi connectivity index (χ0v) is 14.9. The molecule has 1 atom stereocenters. The highest BCUT2D eigenvalue weighted by molar-refractivity contribution is 7.80. The van der Waals surface area contributed by atoms with Gasteiger partial charge in [-0.1, -0.05) is 30.3 Å². The average molecular weight is 347 g/mol. The van der Waals surface area contributed by atoms with Gasteiger partial charge in [0.2, 0.25) is 0 Å². The zero-order valence-electron chi connectivity index (χ0n) is 14.0. The van der Waals surface area contributed by atoms with Gasteiger partial charge in [-0.15, -0.1) is 0 Å². The Morgan fingerprint density at radius 2 is 1.83 bits per heavy atom. The largest absolute Gasteiger partial charge is 0.496 e. The monoisotopic (exact) mass is 347 g/mol. The van der Waals surface area contributed by atoms with Gasteiger partial charge in [0.15, 0.2) is 5.11 Å². The highest BCUT2D eigenvalue weighted by Gasteiger charge is 2.18. The molecule has 1 unspecified atom stereocenters. The van der Waals surface area contributed by atoms with E-state index in [1.165, 1.54) is 6.07 Å². The van der Waals surface area contributed by atoms with Crippen LogP contribution in [0, 0.1) is 5.82 Å². The van der Waals surface area contributed by atoms with E-state index in [0.717, 1.165) is 11.3 Å². The van der Waals surface area contributed by atoms with E-state index >= 15 is 0 Å². The molecular weight excluding hydrogens is 325 g/mol. The molecule has 4 nitrogen and oxygen atoms in total. The molecule has 0 bridgehead atoms. The first-order valence-corrected chi connectivity index (χ1v) is 8.02. The number of ether oxygens (including phenoxy) is 1. The van der Waals surface area contributed by atoms with Crippen molar-refractivity contribution in [1.82, 2.24) is 10.2 Å². The molecule has 0 aliphatic heterocycles. The second-order valence-corrected chi connectivity index (χ2v) is 5.94. The lowest BCUT2D eigenvalue weighted by Crippen LogP contribution is -2.37. The van der Waals surface area contributed by atoms with Crippen LogP contribution in [-0.2, 0) is 0 Å². The Balaban J connectivity index is 2.04. The van der Waals surface area contributed by atoms with Crippen LogP contribution >= 0.6 is 12.2 Å². The number of thiocarbonyl (C=S) groups is 1. The van der Waals surface area contributed by atoms with E-state index in [4.69, 9.17) is 17.0 Å². The molecule has 0 saturated heterocycles. The molecule has 0 radical (unpaired) electrons. The van der Waals surface area contributed by atoms with Crippen LogP contribution in [0.5, 0.6) is 5.75 Å². The number of anilines is 1. The second-order valence-electron chi connectivity index (χ2n) is 5.54. The van der Waals surface area contributed by atoms with Crippen LogP contribution in [0.4, 0.5) is 10.1 Å². The normalized spacial score (nSPS) is 11.9. The SMILES string of the molecule is COc1ccccc1C(CNC(=S)Nc1ccccc1F)N(C)C. The van der Waals surface area contributed by atoms with Crippen LogP contribution in [0.3, 0.4) is 0 Å². The number of hydrogen-bond acceptors (Lipinski definition) is 3. The number of halogens is 1. The molecule has 2 aromatic carbocycles. The summed E-state index contributed by atoms with van der Waals surface area (Å²) in [5, 5.41) is 6.40. The minimum absolute atomic E-state index is 0.0570. The standard InChI is InChI=1S/C18H22FN3OS/c1-22(2)16(13-8-4-7-11-17(13)23-3)12-20-18(24)21-15-10-6-5-9-14(15)19/h4-11,16H,12H2,1-3H3,(H2,20,21,24). The van der Waals surface area contributed by atoms with E-state index in [1.54, 1.807) is 25.3 Å². The number of methoxy groups -OCH3 is 1. The van der Waals surface area contributed by atoms with Crippen molar-refractivity contribution in [2.45, 2.75) is 6.04 Å². The summed E-state index contributed by atoms with van der Waals surface area (Å²) in [4.78, 5) is 2.08. The van der Waals surface area contributed by atoms with Gasteiger partial charge in [0, 0.05) is 12.1 Å². The van der Waals surface area contributed by atoms with Crippen LogP contribution in [0.25, 0.3) is 0 Å². The Labute approximate surface area is 147 Å². The zero-order chi connectivity index (χ0) is 17.5. The Morgan fingerprint density at radius 1 is 1.17 bits per heavy atom. The van der Waals surface area contributed by atoms with Crippen molar-refractivity contribution >= 4 is 23.0 Å². The fourth-order valence-corrected chi connectivity index (χ4v) is 2.62. The smallest absolute Gasteiger partial charge is 0.170 e. The van der Waals surface area contributed by atoms with E-state index in [0.29, 0.717) is 17.3 Å². The van der Waals surface area contributed by atoms with Crippen LogP contribution in [0.1, 0.15) is 11.6 Å². The molecule has 2 N–H and O–H groups in total. The van der Waals surface area contributed by atoms with Gasteiger partial charge in [-0.05, 0) is 44.5 Å². The lowest BCUT2D eigenvalue weighted by Gasteiger charge is -2.27. The lowest BCUT2D eigenvalue weighted by molar-refractivity contribution is 0.288. The van der Waals surface area contributed by atoms with Gasteiger partial charge in [0.1, 0.15) is 11.6 Å². The van der Waals surface area contributed by atoms with Crippen molar-refractivity contribution in [2.75, 3.05) is 33.1 Å². The number of rotatable bonds is 6. The van der Waals surface area contributed by atoms with Crippen LogP contribution in [-0.4, -0.2) is 37.8 Å². The van der Waals surface area contributed by atoms with Gasteiger partial charge in [-0.2, -0.15) is 0 Å². The molecular formula is C18H22FN3OS. The predicted molar refractivity (Wildman–Crippen MR) is 100 cm³/mol. The summed E-state index contributed by atoms with van der Waals surface area (Å²) >= 11 is 5.27. The van der Waals surface area contributed by atoms with Gasteiger partial charge >= 0.3 is 0 Å². The van der Waals surface area contributed by atoms with Gasteiger partial charge in [0.25, 0.3) is 0 Å². The van der Waals surface area contributed by atoms with Gasteiger partial charge < -0.3 is 20.3 Å². The number of hydrogen-bond donors (Lipinski definition) is 2. The average Bonchev–Trinajstić information content (AvgIpc) is 2.57. The topological polar surface area (TPSA) is 36.5 Å². The predicted octanol–water partition coefficient (Wildman–Crippen LogP) is 3.42. The van der Waals surface area contributed by atoms with Crippen LogP contribution in [0.15, 0.2) is 48.5 Å². The maximum Gasteiger partial charge on any atom is 0.170 e. The summed E-state index contributed by atoms with van der Waals surface area (Å²) in [6.45, 7) is 0.563. The molecule has 0 aliphatic rings. The van der Waals surface area contributed by atoms with Crippen molar-refractivity contribution in [1.29, 1.82) is 0 Å². The van der Waals surface area contributed by atoms with Crippen molar-refractivity contribution in [3.05, 3.63) is 59.9 Å². The molecule has 0 aromatic heterocycles. The van der Waals surface area contributed by atoms with Crippen LogP contribution in [0.2, 0.25) is 0 Å².